The molecule has 0 bridgehead atoms. The van der Waals surface area contributed by atoms with E-state index in [0.717, 1.165) is 13.0 Å². The summed E-state index contributed by atoms with van der Waals surface area (Å²) in [5, 5.41) is 20.3. The molecule has 0 saturated carbocycles. The van der Waals surface area contributed by atoms with Gasteiger partial charge in [0.15, 0.2) is 23.1 Å². The van der Waals surface area contributed by atoms with E-state index in [4.69, 9.17) is 0 Å². The van der Waals surface area contributed by atoms with Gasteiger partial charge in [-0.05, 0) is 36.6 Å². The monoisotopic (exact) mass is 365 g/mol. The summed E-state index contributed by atoms with van der Waals surface area (Å²) in [6, 6.07) is 11.9. The lowest BCUT2D eigenvalue weighted by molar-refractivity contribution is 0.488. The zero-order chi connectivity index (χ0) is 18.8. The van der Waals surface area contributed by atoms with Gasteiger partial charge in [0.2, 0.25) is 0 Å². The molecule has 4 rings (SSSR count). The van der Waals surface area contributed by atoms with E-state index in [9.17, 15) is 4.39 Å². The fourth-order valence-electron chi connectivity index (χ4n) is 2.74. The molecule has 0 atom stereocenters. The fourth-order valence-corrected chi connectivity index (χ4v) is 2.74. The van der Waals surface area contributed by atoms with E-state index in [1.165, 1.54) is 10.6 Å². The molecular formula is C19H20FN7. The molecule has 0 spiro atoms. The molecule has 1 N–H and O–H groups in total. The predicted molar refractivity (Wildman–Crippen MR) is 101 cm³/mol. The minimum absolute atomic E-state index is 0.354. The molecule has 7 nitrogen and oxygen atoms in total. The highest BCUT2D eigenvalue weighted by Gasteiger charge is 2.13. The van der Waals surface area contributed by atoms with Crippen molar-refractivity contribution in [3.63, 3.8) is 0 Å². The van der Waals surface area contributed by atoms with E-state index < -0.39 is 0 Å². The van der Waals surface area contributed by atoms with Crippen LogP contribution >= 0.6 is 0 Å². The number of halogens is 1. The largest absolute Gasteiger partial charge is 0.322 e. The van der Waals surface area contributed by atoms with Gasteiger partial charge in [0.1, 0.15) is 5.82 Å². The Labute approximate surface area is 155 Å². The Balaban J connectivity index is 1.60. The second-order valence-corrected chi connectivity index (χ2v) is 6.76. The van der Waals surface area contributed by atoms with Crippen LogP contribution < -0.4 is 5.32 Å². The van der Waals surface area contributed by atoms with Gasteiger partial charge in [-0.3, -0.25) is 4.68 Å². The summed E-state index contributed by atoms with van der Waals surface area (Å²) in [6.07, 6.45) is 3.00. The minimum Gasteiger partial charge on any atom is -0.322 e. The predicted octanol–water partition coefficient (Wildman–Crippen LogP) is 3.92. The molecule has 3 aromatic heterocycles. The Bertz CT molecular complexity index is 1070. The molecule has 0 aliphatic heterocycles. The molecule has 0 aliphatic rings. The van der Waals surface area contributed by atoms with Crippen molar-refractivity contribution in [3.8, 4) is 11.4 Å². The highest BCUT2D eigenvalue weighted by molar-refractivity contribution is 5.61. The summed E-state index contributed by atoms with van der Waals surface area (Å²) >= 11 is 0. The number of aryl methyl sites for hydroxylation is 1. The summed E-state index contributed by atoms with van der Waals surface area (Å²) in [4.78, 5) is 0. The zero-order valence-corrected chi connectivity index (χ0v) is 15.2. The van der Waals surface area contributed by atoms with Crippen molar-refractivity contribution in [1.29, 1.82) is 0 Å². The fraction of sp³-hybridized carbons (Fsp3) is 0.263. The summed E-state index contributed by atoms with van der Waals surface area (Å²) in [6.45, 7) is 5.25. The number of anilines is 2. The molecular weight excluding hydrogens is 345 g/mol. The minimum atomic E-state index is -0.365. The number of hydrogen-bond donors (Lipinski definition) is 1. The van der Waals surface area contributed by atoms with Crippen LogP contribution in [0.2, 0.25) is 0 Å². The van der Waals surface area contributed by atoms with Gasteiger partial charge >= 0.3 is 0 Å². The lowest BCUT2D eigenvalue weighted by Crippen LogP contribution is -2.04. The third-order valence-corrected chi connectivity index (χ3v) is 4.21. The molecule has 3 heterocycles. The summed E-state index contributed by atoms with van der Waals surface area (Å²) in [5.74, 6) is 1.89. The Morgan fingerprint density at radius 2 is 1.81 bits per heavy atom. The maximum absolute atomic E-state index is 14.1. The lowest BCUT2D eigenvalue weighted by atomic mass is 10.1. The van der Waals surface area contributed by atoms with Crippen molar-refractivity contribution in [2.45, 2.75) is 26.8 Å². The molecule has 4 aromatic rings. The smallest absolute Gasteiger partial charge is 0.188 e. The Kier molecular flexibility index (Phi) is 4.53. The third kappa shape index (κ3) is 3.64. The van der Waals surface area contributed by atoms with E-state index in [2.05, 4.69) is 39.6 Å². The van der Waals surface area contributed by atoms with E-state index in [0.29, 0.717) is 34.6 Å². The van der Waals surface area contributed by atoms with Gasteiger partial charge in [-0.2, -0.15) is 9.61 Å². The van der Waals surface area contributed by atoms with Crippen molar-refractivity contribution in [1.82, 2.24) is 29.6 Å². The van der Waals surface area contributed by atoms with Crippen LogP contribution in [0, 0.1) is 11.7 Å². The maximum atomic E-state index is 14.1. The zero-order valence-electron chi connectivity index (χ0n) is 15.2. The van der Waals surface area contributed by atoms with Gasteiger partial charge in [0.05, 0.1) is 5.56 Å². The molecule has 0 saturated heterocycles. The Morgan fingerprint density at radius 3 is 2.63 bits per heavy atom. The van der Waals surface area contributed by atoms with Gasteiger partial charge in [-0.25, -0.2) is 4.39 Å². The average Bonchev–Trinajstić information content (AvgIpc) is 3.27. The SMILES string of the molecule is CC(C)CCn1ccc(Nc2ccc3nnc(-c4ccccc4F)n3n2)n1. The van der Waals surface area contributed by atoms with E-state index in [1.54, 1.807) is 30.3 Å². The molecule has 0 fully saturated rings. The lowest BCUT2D eigenvalue weighted by Gasteiger charge is -2.06. The molecule has 0 radical (unpaired) electrons. The molecule has 0 unspecified atom stereocenters. The molecule has 8 heteroatoms. The number of hydrogen-bond acceptors (Lipinski definition) is 5. The molecule has 1 aromatic carbocycles. The van der Waals surface area contributed by atoms with Gasteiger partial charge < -0.3 is 5.32 Å². The molecule has 0 amide bonds. The average molecular weight is 365 g/mol. The summed E-state index contributed by atoms with van der Waals surface area (Å²) in [5.41, 5.74) is 0.897. The molecule has 0 aliphatic carbocycles. The van der Waals surface area contributed by atoms with Crippen LogP contribution in [0.5, 0.6) is 0 Å². The van der Waals surface area contributed by atoms with Gasteiger partial charge in [-0.15, -0.1) is 15.3 Å². The first-order valence-electron chi connectivity index (χ1n) is 8.88. The quantitative estimate of drug-likeness (QED) is 0.561. The normalized spacial score (nSPS) is 11.4. The first-order chi connectivity index (χ1) is 13.1. The standard InChI is InChI=1S/C19H20FN7/c1-13(2)9-11-26-12-10-17(24-26)21-16-7-8-18-22-23-19(27(18)25-16)14-5-3-4-6-15(14)20/h3-8,10,12-13H,9,11H2,1-2H3,(H,21,24,25). The van der Waals surface area contributed by atoms with Crippen molar-refractivity contribution >= 4 is 17.3 Å². The number of fused-ring (bicyclic) bond motifs is 1. The Hall–Kier alpha value is -3.29. The highest BCUT2D eigenvalue weighted by Crippen LogP contribution is 2.22. The highest BCUT2D eigenvalue weighted by atomic mass is 19.1. The van der Waals surface area contributed by atoms with Gasteiger partial charge in [0, 0.05) is 18.8 Å². The number of aromatic nitrogens is 6. The number of rotatable bonds is 6. The van der Waals surface area contributed by atoms with Crippen LogP contribution in [0.25, 0.3) is 17.0 Å². The van der Waals surface area contributed by atoms with Crippen LogP contribution in [0.4, 0.5) is 16.0 Å². The molecule has 138 valence electrons. The third-order valence-electron chi connectivity index (χ3n) is 4.21. The summed E-state index contributed by atoms with van der Waals surface area (Å²) < 4.78 is 17.6. The van der Waals surface area contributed by atoms with Crippen LogP contribution in [0.15, 0.2) is 48.7 Å². The number of benzene rings is 1. The van der Waals surface area contributed by atoms with Crippen molar-refractivity contribution in [3.05, 3.63) is 54.5 Å². The van der Waals surface area contributed by atoms with E-state index in [1.807, 2.05) is 16.9 Å². The van der Waals surface area contributed by atoms with E-state index >= 15 is 0 Å². The topological polar surface area (TPSA) is 72.9 Å². The first kappa shape index (κ1) is 17.1. The number of nitrogens with one attached hydrogen (secondary N) is 1. The van der Waals surface area contributed by atoms with Crippen molar-refractivity contribution in [2.75, 3.05) is 5.32 Å². The first-order valence-corrected chi connectivity index (χ1v) is 8.88. The Morgan fingerprint density at radius 1 is 1.00 bits per heavy atom. The van der Waals surface area contributed by atoms with Crippen LogP contribution in [0.3, 0.4) is 0 Å². The molecule has 27 heavy (non-hydrogen) atoms. The van der Waals surface area contributed by atoms with Gasteiger partial charge in [0.25, 0.3) is 0 Å². The maximum Gasteiger partial charge on any atom is 0.188 e. The van der Waals surface area contributed by atoms with Crippen molar-refractivity contribution < 1.29 is 4.39 Å². The van der Waals surface area contributed by atoms with E-state index in [-0.39, 0.29) is 5.82 Å². The van der Waals surface area contributed by atoms with Gasteiger partial charge in [-0.1, -0.05) is 26.0 Å². The van der Waals surface area contributed by atoms with Crippen LogP contribution in [0.1, 0.15) is 20.3 Å². The summed E-state index contributed by atoms with van der Waals surface area (Å²) in [7, 11) is 0. The second kappa shape index (κ2) is 7.14. The second-order valence-electron chi connectivity index (χ2n) is 6.76. The number of nitrogens with zero attached hydrogens (tertiary/aromatic N) is 6. The van der Waals surface area contributed by atoms with Crippen LogP contribution in [-0.2, 0) is 6.54 Å². The van der Waals surface area contributed by atoms with Crippen LogP contribution in [-0.4, -0.2) is 29.6 Å². The van der Waals surface area contributed by atoms with Crippen molar-refractivity contribution in [2.24, 2.45) is 5.92 Å².